The number of amides is 1. The number of carbonyl (C=O) groups excluding carboxylic acids is 1. The molecule has 0 aliphatic carbocycles. The number of pyridine rings is 1. The van der Waals surface area contributed by atoms with E-state index in [1.165, 1.54) is 23.4 Å². The molecule has 1 heterocycles. The summed E-state index contributed by atoms with van der Waals surface area (Å²) in [6.45, 7) is 6.22. The van der Waals surface area contributed by atoms with Gasteiger partial charge in [-0.1, -0.05) is 0 Å². The molecule has 8 heteroatoms. The van der Waals surface area contributed by atoms with Crippen LogP contribution >= 0.6 is 0 Å². The lowest BCUT2D eigenvalue weighted by atomic mass is 9.80. The number of aromatic nitrogens is 1. The lowest BCUT2D eigenvalue weighted by molar-refractivity contribution is 0.0292. The molecule has 0 aliphatic heterocycles. The summed E-state index contributed by atoms with van der Waals surface area (Å²) >= 11 is 0. The minimum Gasteiger partial charge on any atom is -0.492 e. The van der Waals surface area contributed by atoms with Gasteiger partial charge in [0.2, 0.25) is 0 Å². The van der Waals surface area contributed by atoms with Gasteiger partial charge >= 0.3 is 13.2 Å². The molecule has 0 aromatic carbocycles. The number of carbonyl (C=O) groups is 1. The fourth-order valence-corrected chi connectivity index (χ4v) is 1.64. The van der Waals surface area contributed by atoms with Crippen molar-refractivity contribution in [3.63, 3.8) is 0 Å². The zero-order valence-electron chi connectivity index (χ0n) is 13.4. The fourth-order valence-electron chi connectivity index (χ4n) is 1.64. The highest BCUT2D eigenvalue weighted by molar-refractivity contribution is 6.59. The van der Waals surface area contributed by atoms with Crippen molar-refractivity contribution in [1.82, 2.24) is 9.88 Å². The second-order valence-corrected chi connectivity index (χ2v) is 5.89. The lowest BCUT2D eigenvalue weighted by Gasteiger charge is -2.24. The van der Waals surface area contributed by atoms with Gasteiger partial charge in [-0.2, -0.15) is 0 Å². The summed E-state index contributed by atoms with van der Waals surface area (Å²) in [7, 11) is 0.0450. The summed E-state index contributed by atoms with van der Waals surface area (Å²) in [5.74, 6) is 0.317. The molecular formula is C14H23BN2O5. The third-order valence-electron chi connectivity index (χ3n) is 2.70. The van der Waals surface area contributed by atoms with Gasteiger partial charge < -0.3 is 24.4 Å². The number of hydrogen-bond acceptors (Lipinski definition) is 6. The van der Waals surface area contributed by atoms with Crippen LogP contribution in [0.3, 0.4) is 0 Å². The first-order chi connectivity index (χ1) is 10.2. The minimum absolute atomic E-state index is 0.260. The van der Waals surface area contributed by atoms with Crippen molar-refractivity contribution in [3.8, 4) is 5.75 Å². The highest BCUT2D eigenvalue weighted by Gasteiger charge is 2.19. The van der Waals surface area contributed by atoms with Crippen LogP contribution in [-0.2, 0) is 4.74 Å². The minimum atomic E-state index is -1.61. The first-order valence-electron chi connectivity index (χ1n) is 7.07. The Bertz CT molecular complexity index is 490. The molecule has 0 aliphatic rings. The van der Waals surface area contributed by atoms with Gasteiger partial charge in [-0.05, 0) is 33.3 Å². The molecule has 0 saturated heterocycles. The van der Waals surface area contributed by atoms with E-state index in [1.807, 2.05) is 20.8 Å². The van der Waals surface area contributed by atoms with E-state index >= 15 is 0 Å². The van der Waals surface area contributed by atoms with Gasteiger partial charge in [-0.15, -0.1) is 0 Å². The molecule has 0 atom stereocenters. The molecule has 1 aromatic rings. The van der Waals surface area contributed by atoms with Crippen molar-refractivity contribution in [1.29, 1.82) is 0 Å². The lowest BCUT2D eigenvalue weighted by Crippen LogP contribution is -2.35. The zero-order valence-corrected chi connectivity index (χ0v) is 13.4. The first kappa shape index (κ1) is 18.3. The van der Waals surface area contributed by atoms with Gasteiger partial charge in [-0.3, -0.25) is 4.98 Å². The average Bonchev–Trinajstić information content (AvgIpc) is 2.41. The van der Waals surface area contributed by atoms with Crippen LogP contribution in [0.15, 0.2) is 18.5 Å². The van der Waals surface area contributed by atoms with Gasteiger partial charge in [0.1, 0.15) is 11.4 Å². The largest absolute Gasteiger partial charge is 0.492 e. The summed E-state index contributed by atoms with van der Waals surface area (Å²) in [5, 5.41) is 18.4. The van der Waals surface area contributed by atoms with Crippen molar-refractivity contribution >= 4 is 18.7 Å². The Labute approximate surface area is 131 Å². The molecule has 0 spiro atoms. The fraction of sp³-hybridized carbons (Fsp3) is 0.571. The van der Waals surface area contributed by atoms with Crippen LogP contribution in [0.2, 0.25) is 0 Å². The maximum atomic E-state index is 11.8. The Hall–Kier alpha value is -1.80. The normalized spacial score (nSPS) is 11.0. The Morgan fingerprint density at radius 3 is 2.68 bits per heavy atom. The summed E-state index contributed by atoms with van der Waals surface area (Å²) in [4.78, 5) is 17.1. The SMILES string of the molecule is CN(CCCOc1cnccc1B(O)O)C(=O)OC(C)(C)C. The number of rotatable bonds is 6. The van der Waals surface area contributed by atoms with E-state index in [9.17, 15) is 14.8 Å². The van der Waals surface area contributed by atoms with Gasteiger partial charge in [0.25, 0.3) is 0 Å². The predicted molar refractivity (Wildman–Crippen MR) is 83.0 cm³/mol. The van der Waals surface area contributed by atoms with Crippen LogP contribution in [0, 0.1) is 0 Å². The standard InChI is InChI=1S/C14H23BN2O5/c1-14(2,3)22-13(18)17(4)8-5-9-21-12-10-16-7-6-11(12)15(19)20/h6-7,10,19-20H,5,8-9H2,1-4H3. The number of nitrogens with zero attached hydrogens (tertiary/aromatic N) is 2. The second-order valence-electron chi connectivity index (χ2n) is 5.89. The molecule has 0 fully saturated rings. The van der Waals surface area contributed by atoms with Crippen molar-refractivity contribution in [2.45, 2.75) is 32.8 Å². The van der Waals surface area contributed by atoms with E-state index in [4.69, 9.17) is 9.47 Å². The third-order valence-corrected chi connectivity index (χ3v) is 2.70. The molecule has 2 N–H and O–H groups in total. The number of ether oxygens (including phenoxy) is 2. The average molecular weight is 310 g/mol. The summed E-state index contributed by atoms with van der Waals surface area (Å²) in [6.07, 6.45) is 3.07. The first-order valence-corrected chi connectivity index (χ1v) is 7.07. The van der Waals surface area contributed by atoms with E-state index < -0.39 is 12.7 Å². The van der Waals surface area contributed by atoms with E-state index in [0.717, 1.165) is 0 Å². The molecule has 7 nitrogen and oxygen atoms in total. The van der Waals surface area contributed by atoms with Gasteiger partial charge in [-0.25, -0.2) is 4.79 Å². The topological polar surface area (TPSA) is 92.1 Å². The highest BCUT2D eigenvalue weighted by Crippen LogP contribution is 2.09. The Morgan fingerprint density at radius 2 is 2.09 bits per heavy atom. The maximum absolute atomic E-state index is 11.8. The van der Waals surface area contributed by atoms with E-state index in [-0.39, 0.29) is 11.6 Å². The summed E-state index contributed by atoms with van der Waals surface area (Å²) in [5.41, 5.74) is -0.264. The molecule has 1 amide bonds. The highest BCUT2D eigenvalue weighted by atomic mass is 16.6. The van der Waals surface area contributed by atoms with E-state index in [2.05, 4.69) is 4.98 Å². The molecule has 0 saturated carbocycles. The molecule has 1 aromatic heterocycles. The maximum Gasteiger partial charge on any atom is 0.492 e. The van der Waals surface area contributed by atoms with Crippen LogP contribution < -0.4 is 10.2 Å². The smallest absolute Gasteiger partial charge is 0.492 e. The van der Waals surface area contributed by atoms with Crippen LogP contribution in [0.5, 0.6) is 5.75 Å². The Morgan fingerprint density at radius 1 is 1.41 bits per heavy atom. The Balaban J connectivity index is 2.38. The quantitative estimate of drug-likeness (QED) is 0.583. The van der Waals surface area contributed by atoms with Gasteiger partial charge in [0.15, 0.2) is 0 Å². The van der Waals surface area contributed by atoms with E-state index in [0.29, 0.717) is 25.3 Å². The zero-order chi connectivity index (χ0) is 16.8. The third kappa shape index (κ3) is 6.32. The molecular weight excluding hydrogens is 287 g/mol. The van der Waals surface area contributed by atoms with Crippen molar-refractivity contribution in [2.24, 2.45) is 0 Å². The summed E-state index contributed by atoms with van der Waals surface area (Å²) < 4.78 is 10.7. The van der Waals surface area contributed by atoms with E-state index in [1.54, 1.807) is 7.05 Å². The second kappa shape index (κ2) is 8.00. The van der Waals surface area contributed by atoms with Gasteiger partial charge in [0, 0.05) is 25.3 Å². The van der Waals surface area contributed by atoms with Crippen LogP contribution in [-0.4, -0.2) is 58.9 Å². The van der Waals surface area contributed by atoms with Crippen LogP contribution in [0.25, 0.3) is 0 Å². The predicted octanol–water partition coefficient (Wildman–Crippen LogP) is 0.397. The molecule has 22 heavy (non-hydrogen) atoms. The van der Waals surface area contributed by atoms with Crippen molar-refractivity contribution in [3.05, 3.63) is 18.5 Å². The molecule has 122 valence electrons. The molecule has 0 unspecified atom stereocenters. The molecule has 1 rings (SSSR count). The summed E-state index contributed by atoms with van der Waals surface area (Å²) in [6, 6.07) is 1.48. The molecule has 0 radical (unpaired) electrons. The van der Waals surface area contributed by atoms with Crippen molar-refractivity contribution in [2.75, 3.05) is 20.2 Å². The van der Waals surface area contributed by atoms with Crippen LogP contribution in [0.1, 0.15) is 27.2 Å². The number of hydrogen-bond donors (Lipinski definition) is 2. The Kier molecular flexibility index (Phi) is 6.64. The van der Waals surface area contributed by atoms with Crippen LogP contribution in [0.4, 0.5) is 4.79 Å². The molecule has 0 bridgehead atoms. The van der Waals surface area contributed by atoms with Crippen molar-refractivity contribution < 1.29 is 24.3 Å². The monoisotopic (exact) mass is 310 g/mol. The van der Waals surface area contributed by atoms with Gasteiger partial charge in [0.05, 0.1) is 12.8 Å².